The average molecular weight is 390 g/mol. The molecular weight excluding hydrogens is 368 g/mol. The molecule has 2 aromatic carbocycles. The average Bonchev–Trinajstić information content (AvgIpc) is 3.19. The van der Waals surface area contributed by atoms with Crippen molar-refractivity contribution in [2.45, 2.75) is 23.8 Å². The lowest BCUT2D eigenvalue weighted by Gasteiger charge is -2.23. The highest BCUT2D eigenvalue weighted by atomic mass is 32.2. The van der Waals surface area contributed by atoms with E-state index < -0.39 is 16.1 Å². The van der Waals surface area contributed by atoms with E-state index in [0.29, 0.717) is 36.6 Å². The molecular formula is C19H22N2O5S. The standard InChI is InChI=1S/C19H22N2O5S/c1-25-15-7-5-14(6-8-15)20-19(22)18-4-3-13-21(18)27(23,24)17-11-9-16(26-2)10-12-17/h5-12,18H,3-4,13H2,1-2H3,(H,20,22)/t18-/m0/s1. The van der Waals surface area contributed by atoms with E-state index in [2.05, 4.69) is 5.32 Å². The van der Waals surface area contributed by atoms with Gasteiger partial charge in [-0.3, -0.25) is 4.79 Å². The molecule has 8 heteroatoms. The van der Waals surface area contributed by atoms with Crippen molar-refractivity contribution in [1.29, 1.82) is 0 Å². The van der Waals surface area contributed by atoms with Crippen molar-refractivity contribution < 1.29 is 22.7 Å². The number of methoxy groups -OCH3 is 2. The van der Waals surface area contributed by atoms with Crippen molar-refractivity contribution in [2.24, 2.45) is 0 Å². The van der Waals surface area contributed by atoms with Crippen LogP contribution in [-0.2, 0) is 14.8 Å². The van der Waals surface area contributed by atoms with Crippen LogP contribution >= 0.6 is 0 Å². The van der Waals surface area contributed by atoms with Crippen molar-refractivity contribution in [3.8, 4) is 11.5 Å². The van der Waals surface area contributed by atoms with E-state index in [9.17, 15) is 13.2 Å². The molecule has 3 rings (SSSR count). The molecule has 1 N–H and O–H groups in total. The fraction of sp³-hybridized carbons (Fsp3) is 0.316. The Morgan fingerprint density at radius 3 is 2.11 bits per heavy atom. The lowest BCUT2D eigenvalue weighted by molar-refractivity contribution is -0.119. The topological polar surface area (TPSA) is 84.9 Å². The van der Waals surface area contributed by atoms with Crippen LogP contribution < -0.4 is 14.8 Å². The Kier molecular flexibility index (Phi) is 5.67. The van der Waals surface area contributed by atoms with E-state index in [4.69, 9.17) is 9.47 Å². The second-order valence-electron chi connectivity index (χ2n) is 6.17. The molecule has 0 aliphatic carbocycles. The fourth-order valence-corrected chi connectivity index (χ4v) is 4.73. The van der Waals surface area contributed by atoms with Gasteiger partial charge in [-0.1, -0.05) is 0 Å². The summed E-state index contributed by atoms with van der Waals surface area (Å²) in [5, 5.41) is 2.79. The minimum absolute atomic E-state index is 0.146. The molecule has 1 amide bonds. The summed E-state index contributed by atoms with van der Waals surface area (Å²) in [5.74, 6) is 0.913. The highest BCUT2D eigenvalue weighted by Crippen LogP contribution is 2.28. The van der Waals surface area contributed by atoms with Crippen LogP contribution in [0.5, 0.6) is 11.5 Å². The number of anilines is 1. The summed E-state index contributed by atoms with van der Waals surface area (Å²) in [4.78, 5) is 12.8. The quantitative estimate of drug-likeness (QED) is 0.819. The summed E-state index contributed by atoms with van der Waals surface area (Å²) in [6.07, 6.45) is 1.12. The number of sulfonamides is 1. The Morgan fingerprint density at radius 2 is 1.56 bits per heavy atom. The van der Waals surface area contributed by atoms with Gasteiger partial charge in [0.25, 0.3) is 0 Å². The number of carbonyl (C=O) groups excluding carboxylic acids is 1. The number of carbonyl (C=O) groups is 1. The first-order valence-corrected chi connectivity index (χ1v) is 10.0. The molecule has 1 saturated heterocycles. The number of benzene rings is 2. The van der Waals surface area contributed by atoms with Crippen LogP contribution in [-0.4, -0.2) is 45.4 Å². The molecule has 0 bridgehead atoms. The normalized spacial score (nSPS) is 17.5. The summed E-state index contributed by atoms with van der Waals surface area (Å²) in [5.41, 5.74) is 0.592. The molecule has 0 unspecified atom stereocenters. The highest BCUT2D eigenvalue weighted by Gasteiger charge is 2.39. The summed E-state index contributed by atoms with van der Waals surface area (Å²) >= 11 is 0. The number of hydrogen-bond donors (Lipinski definition) is 1. The van der Waals surface area contributed by atoms with Gasteiger partial charge in [0.15, 0.2) is 0 Å². The second-order valence-corrected chi connectivity index (χ2v) is 8.06. The molecule has 2 aromatic rings. The maximum atomic E-state index is 13.0. The van der Waals surface area contributed by atoms with Crippen LogP contribution in [0.1, 0.15) is 12.8 Å². The largest absolute Gasteiger partial charge is 0.497 e. The van der Waals surface area contributed by atoms with Gasteiger partial charge in [-0.15, -0.1) is 0 Å². The Balaban J connectivity index is 1.77. The third-order valence-electron chi connectivity index (χ3n) is 4.53. The Hall–Kier alpha value is -2.58. The van der Waals surface area contributed by atoms with Crippen molar-refractivity contribution >= 4 is 21.6 Å². The van der Waals surface area contributed by atoms with Gasteiger partial charge in [-0.05, 0) is 61.4 Å². The zero-order chi connectivity index (χ0) is 19.4. The van der Waals surface area contributed by atoms with Gasteiger partial charge >= 0.3 is 0 Å². The molecule has 0 saturated carbocycles. The zero-order valence-corrected chi connectivity index (χ0v) is 16.0. The first-order chi connectivity index (χ1) is 13.0. The fourth-order valence-electron chi connectivity index (χ4n) is 3.07. The molecule has 1 atom stereocenters. The molecule has 1 aliphatic rings. The second kappa shape index (κ2) is 7.98. The highest BCUT2D eigenvalue weighted by molar-refractivity contribution is 7.89. The lowest BCUT2D eigenvalue weighted by Crippen LogP contribution is -2.43. The molecule has 144 valence electrons. The number of ether oxygens (including phenoxy) is 2. The van der Waals surface area contributed by atoms with E-state index in [0.717, 1.165) is 0 Å². The van der Waals surface area contributed by atoms with Gasteiger partial charge in [-0.2, -0.15) is 4.31 Å². The van der Waals surface area contributed by atoms with Crippen molar-refractivity contribution in [1.82, 2.24) is 4.31 Å². The molecule has 0 aromatic heterocycles. The van der Waals surface area contributed by atoms with E-state index >= 15 is 0 Å². The van der Waals surface area contributed by atoms with Gasteiger partial charge in [0.1, 0.15) is 17.5 Å². The van der Waals surface area contributed by atoms with E-state index in [-0.39, 0.29) is 10.8 Å². The number of nitrogens with zero attached hydrogens (tertiary/aromatic N) is 1. The number of amides is 1. The predicted molar refractivity (Wildman–Crippen MR) is 102 cm³/mol. The minimum Gasteiger partial charge on any atom is -0.497 e. The van der Waals surface area contributed by atoms with Crippen LogP contribution in [0.4, 0.5) is 5.69 Å². The van der Waals surface area contributed by atoms with Crippen molar-refractivity contribution in [3.63, 3.8) is 0 Å². The van der Waals surface area contributed by atoms with Crippen molar-refractivity contribution in [2.75, 3.05) is 26.1 Å². The summed E-state index contributed by atoms with van der Waals surface area (Å²) < 4.78 is 37.4. The molecule has 1 aliphatic heterocycles. The number of hydrogen-bond acceptors (Lipinski definition) is 5. The van der Waals surface area contributed by atoms with Crippen LogP contribution in [0.3, 0.4) is 0 Å². The van der Waals surface area contributed by atoms with Gasteiger partial charge in [0.2, 0.25) is 15.9 Å². The van der Waals surface area contributed by atoms with E-state index in [1.54, 1.807) is 43.5 Å². The lowest BCUT2D eigenvalue weighted by atomic mass is 10.2. The van der Waals surface area contributed by atoms with Crippen LogP contribution in [0.2, 0.25) is 0 Å². The molecule has 0 spiro atoms. The first-order valence-electron chi connectivity index (χ1n) is 8.56. The predicted octanol–water partition coefficient (Wildman–Crippen LogP) is 2.50. The Bertz CT molecular complexity index is 895. The third-order valence-corrected chi connectivity index (χ3v) is 6.45. The number of rotatable bonds is 6. The summed E-state index contributed by atoms with van der Waals surface area (Å²) in [7, 11) is -0.683. The van der Waals surface area contributed by atoms with Crippen LogP contribution in [0.15, 0.2) is 53.4 Å². The monoisotopic (exact) mass is 390 g/mol. The first kappa shape index (κ1) is 19.2. The molecule has 1 heterocycles. The third kappa shape index (κ3) is 4.06. The molecule has 0 radical (unpaired) electrons. The molecule has 7 nitrogen and oxygen atoms in total. The smallest absolute Gasteiger partial charge is 0.243 e. The van der Waals surface area contributed by atoms with Crippen molar-refractivity contribution in [3.05, 3.63) is 48.5 Å². The van der Waals surface area contributed by atoms with E-state index in [1.165, 1.54) is 23.5 Å². The number of nitrogens with one attached hydrogen (secondary N) is 1. The minimum atomic E-state index is -3.76. The maximum absolute atomic E-state index is 13.0. The van der Waals surface area contributed by atoms with Crippen LogP contribution in [0.25, 0.3) is 0 Å². The van der Waals surface area contributed by atoms with E-state index in [1.807, 2.05) is 0 Å². The summed E-state index contributed by atoms with van der Waals surface area (Å²) in [6, 6.07) is 12.3. The SMILES string of the molecule is COc1ccc(NC(=O)[C@@H]2CCCN2S(=O)(=O)c2ccc(OC)cc2)cc1. The molecule has 1 fully saturated rings. The Labute approximate surface area is 158 Å². The van der Waals surface area contributed by atoms with Gasteiger partial charge < -0.3 is 14.8 Å². The zero-order valence-electron chi connectivity index (χ0n) is 15.2. The van der Waals surface area contributed by atoms with Gasteiger partial charge in [0, 0.05) is 12.2 Å². The van der Waals surface area contributed by atoms with Gasteiger partial charge in [0.05, 0.1) is 19.1 Å². The Morgan fingerprint density at radius 1 is 1.00 bits per heavy atom. The van der Waals surface area contributed by atoms with Gasteiger partial charge in [-0.25, -0.2) is 8.42 Å². The van der Waals surface area contributed by atoms with Crippen LogP contribution in [0, 0.1) is 0 Å². The molecule has 27 heavy (non-hydrogen) atoms. The summed E-state index contributed by atoms with van der Waals surface area (Å²) in [6.45, 7) is 0.315. The maximum Gasteiger partial charge on any atom is 0.243 e.